The van der Waals surface area contributed by atoms with E-state index in [-0.39, 0.29) is 25.8 Å². The van der Waals surface area contributed by atoms with Crippen molar-refractivity contribution in [2.75, 3.05) is 19.0 Å². The number of carbonyl (C=O) groups is 1. The minimum absolute atomic E-state index is 0.0449. The molecule has 6 heteroatoms. The third-order valence-corrected chi connectivity index (χ3v) is 8.97. The monoisotopic (exact) mass is 493 g/mol. The van der Waals surface area contributed by atoms with Gasteiger partial charge < -0.3 is 0 Å². The van der Waals surface area contributed by atoms with E-state index in [0.717, 1.165) is 5.69 Å². The van der Waals surface area contributed by atoms with Crippen molar-refractivity contribution in [3.8, 4) is 0 Å². The normalized spacial score (nSPS) is 18.6. The van der Waals surface area contributed by atoms with Gasteiger partial charge in [0, 0.05) is 0 Å². The molecule has 2 aliphatic rings. The first-order valence-corrected chi connectivity index (χ1v) is 12.3. The third-order valence-electron chi connectivity index (χ3n) is 6.18. The van der Waals surface area contributed by atoms with Crippen LogP contribution >= 0.6 is 12.2 Å². The number of benzene rings is 2. The topological polar surface area (TPSA) is 26.8 Å². The average Bonchev–Trinajstić information content (AvgIpc) is 3.27. The Morgan fingerprint density at radius 1 is 0.935 bits per heavy atom. The summed E-state index contributed by atoms with van der Waals surface area (Å²) in [5.74, 6) is -0.0449. The summed E-state index contributed by atoms with van der Waals surface area (Å²) < 4.78 is 2.52. The molecule has 0 bridgehead atoms. The molecule has 2 aromatic carbocycles. The fourth-order valence-corrected chi connectivity index (χ4v) is 7.28. The molecule has 1 amide bonds. The zero-order valence-electron chi connectivity index (χ0n) is 17.9. The van der Waals surface area contributed by atoms with Crippen LogP contribution in [0.5, 0.6) is 0 Å². The molecule has 156 valence electrons. The van der Waals surface area contributed by atoms with Crippen LogP contribution in [0.25, 0.3) is 6.08 Å². The second-order valence-electron chi connectivity index (χ2n) is 8.42. The summed E-state index contributed by atoms with van der Waals surface area (Å²) in [5, 5.41) is 0.540. The molecule has 0 unspecified atom stereocenters. The minimum atomic E-state index is -0.114. The first-order valence-electron chi connectivity index (χ1n) is 10.2. The number of amides is 1. The van der Waals surface area contributed by atoms with E-state index < -0.39 is 0 Å². The van der Waals surface area contributed by atoms with E-state index in [9.17, 15) is 4.79 Å². The molecule has 1 aromatic heterocycles. The van der Waals surface area contributed by atoms with E-state index in [2.05, 4.69) is 73.3 Å². The van der Waals surface area contributed by atoms with Crippen molar-refractivity contribution in [1.82, 2.24) is 9.80 Å². The van der Waals surface area contributed by atoms with Crippen LogP contribution in [0.15, 0.2) is 66.4 Å². The number of carbonyl (C=O) groups excluding carboxylic acids is 1. The van der Waals surface area contributed by atoms with Crippen molar-refractivity contribution in [3.63, 3.8) is 0 Å². The molecule has 0 aliphatic carbocycles. The Labute approximate surface area is 194 Å². The number of rotatable bonds is 2. The van der Waals surface area contributed by atoms with E-state index in [1.54, 1.807) is 11.9 Å². The average molecular weight is 493 g/mol. The molecule has 4 nitrogen and oxygen atoms in total. The Hall–Kier alpha value is -2.66. The number of para-hydroxylation sites is 2. The molecule has 3 heterocycles. The molecule has 5 rings (SSSR count). The predicted octanol–water partition coefficient (Wildman–Crippen LogP) is 4.88. The molecular formula is C25H23N3OSSe. The van der Waals surface area contributed by atoms with Gasteiger partial charge in [-0.15, -0.1) is 0 Å². The number of thiocarbonyl (C=S) groups is 1. The Balaban J connectivity index is 1.70. The SMILES string of the molecule is CN1C(=O)/C(=C\c2cc3c([se]2)N(c2ccccc2)c2ccccc2C3(C)C)N(C)C1=S. The summed E-state index contributed by atoms with van der Waals surface area (Å²) >= 11 is 5.45. The van der Waals surface area contributed by atoms with Gasteiger partial charge in [-0.1, -0.05) is 0 Å². The second kappa shape index (κ2) is 7.20. The van der Waals surface area contributed by atoms with Gasteiger partial charge in [-0.05, 0) is 0 Å². The third kappa shape index (κ3) is 3.01. The Morgan fingerprint density at radius 2 is 1.61 bits per heavy atom. The number of nitrogens with zero attached hydrogens (tertiary/aromatic N) is 3. The van der Waals surface area contributed by atoms with E-state index in [0.29, 0.717) is 10.8 Å². The molecule has 0 atom stereocenters. The summed E-state index contributed by atoms with van der Waals surface area (Å²) in [4.78, 5) is 18.4. The van der Waals surface area contributed by atoms with Gasteiger partial charge in [0.1, 0.15) is 0 Å². The number of fused-ring (bicyclic) bond motifs is 2. The maximum absolute atomic E-state index is 12.7. The fourth-order valence-electron chi connectivity index (χ4n) is 4.39. The molecular weight excluding hydrogens is 469 g/mol. The molecule has 1 saturated heterocycles. The Kier molecular flexibility index (Phi) is 4.70. The van der Waals surface area contributed by atoms with Gasteiger partial charge in [-0.25, -0.2) is 0 Å². The zero-order valence-corrected chi connectivity index (χ0v) is 20.4. The van der Waals surface area contributed by atoms with Crippen molar-refractivity contribution in [2.24, 2.45) is 0 Å². The van der Waals surface area contributed by atoms with Crippen LogP contribution in [-0.4, -0.2) is 49.4 Å². The van der Waals surface area contributed by atoms with Crippen molar-refractivity contribution >= 4 is 59.8 Å². The standard InChI is InChI=1S/C25H23N3OSSe/c1-25(2)18-12-8-9-13-20(18)28(16-10-6-5-7-11-16)23-19(25)14-17(31-23)15-21-22(29)27(4)24(30)26(21)3/h5-15H,1-4H3/b21-15+. The van der Waals surface area contributed by atoms with Crippen LogP contribution in [0, 0.1) is 0 Å². The first-order chi connectivity index (χ1) is 14.8. The molecule has 3 aromatic rings. The molecule has 0 radical (unpaired) electrons. The maximum atomic E-state index is 12.7. The van der Waals surface area contributed by atoms with Crippen molar-refractivity contribution in [2.45, 2.75) is 19.3 Å². The quantitative estimate of drug-likeness (QED) is 0.290. The zero-order chi connectivity index (χ0) is 21.9. The summed E-state index contributed by atoms with van der Waals surface area (Å²) in [6.45, 7) is 4.59. The van der Waals surface area contributed by atoms with Crippen molar-refractivity contribution in [3.05, 3.63) is 81.9 Å². The second-order valence-corrected chi connectivity index (χ2v) is 11.0. The van der Waals surface area contributed by atoms with E-state index in [1.807, 2.05) is 19.2 Å². The van der Waals surface area contributed by atoms with Gasteiger partial charge in [-0.2, -0.15) is 0 Å². The van der Waals surface area contributed by atoms with E-state index in [4.69, 9.17) is 12.2 Å². The van der Waals surface area contributed by atoms with Gasteiger partial charge in [-0.3, -0.25) is 0 Å². The van der Waals surface area contributed by atoms with Gasteiger partial charge in [0.05, 0.1) is 0 Å². The Bertz CT molecular complexity index is 1240. The molecule has 0 saturated carbocycles. The molecule has 31 heavy (non-hydrogen) atoms. The molecule has 0 spiro atoms. The number of anilines is 3. The summed E-state index contributed by atoms with van der Waals surface area (Å²) in [6.07, 6.45) is 2.03. The number of hydrogen-bond acceptors (Lipinski definition) is 3. The van der Waals surface area contributed by atoms with Gasteiger partial charge >= 0.3 is 195 Å². The van der Waals surface area contributed by atoms with Gasteiger partial charge in [0.2, 0.25) is 0 Å². The number of likely N-dealkylation sites (N-methyl/N-ethyl adjacent to an activating group) is 2. The van der Waals surface area contributed by atoms with Crippen molar-refractivity contribution < 1.29 is 4.79 Å². The molecule has 0 N–H and O–H groups in total. The van der Waals surface area contributed by atoms with Crippen LogP contribution in [0.4, 0.5) is 15.9 Å². The first kappa shape index (κ1) is 20.3. The fraction of sp³-hybridized carbons (Fsp3) is 0.200. The molecule has 2 aliphatic heterocycles. The van der Waals surface area contributed by atoms with Crippen LogP contribution in [0.1, 0.15) is 29.4 Å². The van der Waals surface area contributed by atoms with Crippen LogP contribution in [0.3, 0.4) is 0 Å². The van der Waals surface area contributed by atoms with Gasteiger partial charge in [0.25, 0.3) is 0 Å². The molecule has 1 fully saturated rings. The summed E-state index contributed by atoms with van der Waals surface area (Å²) in [7, 11) is 3.60. The van der Waals surface area contributed by atoms with Crippen LogP contribution < -0.4 is 4.90 Å². The van der Waals surface area contributed by atoms with E-state index >= 15 is 0 Å². The summed E-state index contributed by atoms with van der Waals surface area (Å²) in [6, 6.07) is 21.5. The van der Waals surface area contributed by atoms with Crippen LogP contribution in [0.2, 0.25) is 0 Å². The van der Waals surface area contributed by atoms with Crippen LogP contribution in [-0.2, 0) is 10.2 Å². The predicted molar refractivity (Wildman–Crippen MR) is 131 cm³/mol. The van der Waals surface area contributed by atoms with E-state index in [1.165, 1.54) is 30.7 Å². The number of hydrogen-bond donors (Lipinski definition) is 0. The Morgan fingerprint density at radius 3 is 2.29 bits per heavy atom. The van der Waals surface area contributed by atoms with Gasteiger partial charge in [0.15, 0.2) is 0 Å². The van der Waals surface area contributed by atoms with Crippen molar-refractivity contribution in [1.29, 1.82) is 0 Å². The summed E-state index contributed by atoms with van der Waals surface area (Å²) in [5.41, 5.74) is 5.56.